The molecule has 1 heterocycles. The fraction of sp³-hybridized carbons (Fsp3) is 0.667. The van der Waals surface area contributed by atoms with E-state index in [1.165, 1.54) is 6.92 Å². The highest BCUT2D eigenvalue weighted by molar-refractivity contribution is 5.84. The Kier molecular flexibility index (Phi) is 7.81. The van der Waals surface area contributed by atoms with Gasteiger partial charge in [-0.1, -0.05) is 6.92 Å². The molecule has 5 atom stereocenters. The second-order valence-corrected chi connectivity index (χ2v) is 5.75. The monoisotopic (exact) mass is 360 g/mol. The van der Waals surface area contributed by atoms with Crippen LogP contribution >= 0.6 is 0 Å². The van der Waals surface area contributed by atoms with E-state index in [1.54, 1.807) is 6.92 Å². The first-order chi connectivity index (χ1) is 11.7. The first kappa shape index (κ1) is 20.9. The van der Waals surface area contributed by atoms with Crippen LogP contribution in [-0.4, -0.2) is 75.2 Å². The molecule has 142 valence electrons. The van der Waals surface area contributed by atoms with Crippen molar-refractivity contribution in [2.45, 2.75) is 57.1 Å². The van der Waals surface area contributed by atoms with Gasteiger partial charge in [-0.05, 0) is 12.5 Å². The fourth-order valence-corrected chi connectivity index (χ4v) is 2.39. The molecule has 1 aliphatic rings. The zero-order valence-corrected chi connectivity index (χ0v) is 14.0. The lowest BCUT2D eigenvalue weighted by Crippen LogP contribution is -2.60. The molecule has 1 aliphatic heterocycles. The molecule has 1 rings (SSSR count). The van der Waals surface area contributed by atoms with E-state index in [0.29, 0.717) is 6.42 Å². The number of carbonyl (C=O) groups excluding carboxylic acids is 2. The number of aliphatic hydroxyl groups excluding tert-OH is 3. The Bertz CT molecular complexity index is 536. The van der Waals surface area contributed by atoms with Gasteiger partial charge in [-0.3, -0.25) is 9.59 Å². The zero-order chi connectivity index (χ0) is 19.1. The van der Waals surface area contributed by atoms with Gasteiger partial charge in [0.15, 0.2) is 6.10 Å². The SMILES string of the molecule is CCCC(=O)NC[C@H](O)[C@H](O)C1OC(C(=O)O)=CC(O)[C@H]1NC(C)=O. The number of nitrogens with one attached hydrogen (secondary N) is 2. The van der Waals surface area contributed by atoms with Crippen molar-refractivity contribution in [1.82, 2.24) is 10.6 Å². The number of aliphatic carboxylic acids is 1. The van der Waals surface area contributed by atoms with Gasteiger partial charge in [-0.15, -0.1) is 0 Å². The van der Waals surface area contributed by atoms with Crippen molar-refractivity contribution in [1.29, 1.82) is 0 Å². The number of carboxylic acids is 1. The maximum absolute atomic E-state index is 11.4. The summed E-state index contributed by atoms with van der Waals surface area (Å²) < 4.78 is 5.13. The first-order valence-electron chi connectivity index (χ1n) is 7.87. The fourth-order valence-electron chi connectivity index (χ4n) is 2.39. The first-order valence-corrected chi connectivity index (χ1v) is 7.87. The van der Waals surface area contributed by atoms with Crippen molar-refractivity contribution in [3.8, 4) is 0 Å². The standard InChI is InChI=1S/C15H24N2O8/c1-3-4-11(21)16-6-9(20)13(22)14-12(17-7(2)18)8(19)5-10(25-14)15(23)24/h5,8-9,12-14,19-20,22H,3-4,6H2,1-2H3,(H,16,21)(H,17,18)(H,23,24)/t8?,9-,12+,13-,14?/m0/s1. The van der Waals surface area contributed by atoms with Crippen molar-refractivity contribution in [3.05, 3.63) is 11.8 Å². The summed E-state index contributed by atoms with van der Waals surface area (Å²) in [7, 11) is 0. The molecule has 10 nitrogen and oxygen atoms in total. The highest BCUT2D eigenvalue weighted by Gasteiger charge is 2.43. The van der Waals surface area contributed by atoms with Gasteiger partial charge < -0.3 is 35.8 Å². The molecule has 0 aromatic carbocycles. The van der Waals surface area contributed by atoms with Gasteiger partial charge in [0, 0.05) is 19.9 Å². The molecule has 25 heavy (non-hydrogen) atoms. The second kappa shape index (κ2) is 9.35. The van der Waals surface area contributed by atoms with E-state index in [0.717, 1.165) is 6.08 Å². The van der Waals surface area contributed by atoms with Gasteiger partial charge in [-0.2, -0.15) is 0 Å². The van der Waals surface area contributed by atoms with E-state index < -0.39 is 48.1 Å². The van der Waals surface area contributed by atoms with Crippen molar-refractivity contribution < 1.29 is 39.5 Å². The predicted molar refractivity (Wildman–Crippen MR) is 84.1 cm³/mol. The highest BCUT2D eigenvalue weighted by Crippen LogP contribution is 2.22. The number of hydrogen-bond acceptors (Lipinski definition) is 7. The molecule has 0 aromatic rings. The molecule has 2 unspecified atom stereocenters. The summed E-state index contributed by atoms with van der Waals surface area (Å²) in [5.74, 6) is -2.94. The van der Waals surface area contributed by atoms with Gasteiger partial charge >= 0.3 is 5.97 Å². The largest absolute Gasteiger partial charge is 0.478 e. The highest BCUT2D eigenvalue weighted by atomic mass is 16.5. The van der Waals surface area contributed by atoms with Crippen LogP contribution in [0.3, 0.4) is 0 Å². The zero-order valence-electron chi connectivity index (χ0n) is 14.0. The average Bonchev–Trinajstić information content (AvgIpc) is 2.53. The van der Waals surface area contributed by atoms with Crippen molar-refractivity contribution in [2.75, 3.05) is 6.54 Å². The third-order valence-corrected chi connectivity index (χ3v) is 3.60. The summed E-state index contributed by atoms with van der Waals surface area (Å²) in [6, 6.07) is -1.17. The van der Waals surface area contributed by atoms with E-state index in [9.17, 15) is 29.7 Å². The number of aliphatic hydroxyl groups is 3. The van der Waals surface area contributed by atoms with Gasteiger partial charge in [0.1, 0.15) is 18.3 Å². The van der Waals surface area contributed by atoms with Crippen LogP contribution < -0.4 is 10.6 Å². The number of carboxylic acid groups (broad SMARTS) is 1. The molecule has 0 fully saturated rings. The number of ether oxygens (including phenoxy) is 1. The van der Waals surface area contributed by atoms with Gasteiger partial charge in [0.05, 0.1) is 6.04 Å². The van der Waals surface area contributed by atoms with Crippen LogP contribution in [0, 0.1) is 0 Å². The molecule has 6 N–H and O–H groups in total. The molecule has 0 aliphatic carbocycles. The summed E-state index contributed by atoms with van der Waals surface area (Å²) in [5.41, 5.74) is 0. The van der Waals surface area contributed by atoms with E-state index >= 15 is 0 Å². The molecule has 0 saturated heterocycles. The molecular weight excluding hydrogens is 336 g/mol. The summed E-state index contributed by atoms with van der Waals surface area (Å²) in [4.78, 5) is 33.8. The Morgan fingerprint density at radius 3 is 2.48 bits per heavy atom. The third kappa shape index (κ3) is 6.00. The molecule has 0 aromatic heterocycles. The van der Waals surface area contributed by atoms with Crippen LogP contribution in [0.25, 0.3) is 0 Å². The normalized spacial score (nSPS) is 25.2. The van der Waals surface area contributed by atoms with Gasteiger partial charge in [0.2, 0.25) is 17.6 Å². The molecule has 0 saturated carbocycles. The number of carbonyl (C=O) groups is 3. The molecule has 0 radical (unpaired) electrons. The Labute approximate surface area is 144 Å². The van der Waals surface area contributed by atoms with E-state index in [1.807, 2.05) is 0 Å². The predicted octanol–water partition coefficient (Wildman–Crippen LogP) is -2.14. The molecule has 2 amide bonds. The lowest BCUT2D eigenvalue weighted by atomic mass is 9.93. The minimum Gasteiger partial charge on any atom is -0.478 e. The third-order valence-electron chi connectivity index (χ3n) is 3.60. The van der Waals surface area contributed by atoms with Crippen LogP contribution in [0.1, 0.15) is 26.7 Å². The van der Waals surface area contributed by atoms with Crippen molar-refractivity contribution >= 4 is 17.8 Å². The maximum atomic E-state index is 11.4. The number of rotatable bonds is 8. The minimum atomic E-state index is -1.67. The summed E-state index contributed by atoms with van der Waals surface area (Å²) in [5, 5.41) is 44.1. The van der Waals surface area contributed by atoms with E-state index in [-0.39, 0.29) is 18.9 Å². The average molecular weight is 360 g/mol. The topological polar surface area (TPSA) is 165 Å². The minimum absolute atomic E-state index is 0.252. The lowest BCUT2D eigenvalue weighted by Gasteiger charge is -2.38. The summed E-state index contributed by atoms with van der Waals surface area (Å²) in [6.07, 6.45) is -4.28. The summed E-state index contributed by atoms with van der Waals surface area (Å²) >= 11 is 0. The maximum Gasteiger partial charge on any atom is 0.370 e. The van der Waals surface area contributed by atoms with Crippen LogP contribution in [0.2, 0.25) is 0 Å². The quantitative estimate of drug-likeness (QED) is 0.285. The lowest BCUT2D eigenvalue weighted by molar-refractivity contribution is -0.147. The van der Waals surface area contributed by atoms with Crippen molar-refractivity contribution in [3.63, 3.8) is 0 Å². The Hall–Kier alpha value is -2.17. The van der Waals surface area contributed by atoms with Gasteiger partial charge in [0.25, 0.3) is 0 Å². The molecular formula is C15H24N2O8. The van der Waals surface area contributed by atoms with E-state index in [2.05, 4.69) is 10.6 Å². The van der Waals surface area contributed by atoms with Crippen LogP contribution in [0.15, 0.2) is 11.8 Å². The summed E-state index contributed by atoms with van der Waals surface area (Å²) in [6.45, 7) is 2.68. The Morgan fingerprint density at radius 2 is 1.96 bits per heavy atom. The molecule has 0 spiro atoms. The number of amides is 2. The number of hydrogen-bond donors (Lipinski definition) is 6. The van der Waals surface area contributed by atoms with Crippen LogP contribution in [0.4, 0.5) is 0 Å². The van der Waals surface area contributed by atoms with Crippen LogP contribution in [-0.2, 0) is 19.1 Å². The van der Waals surface area contributed by atoms with Crippen molar-refractivity contribution in [2.24, 2.45) is 0 Å². The van der Waals surface area contributed by atoms with Crippen LogP contribution in [0.5, 0.6) is 0 Å². The van der Waals surface area contributed by atoms with E-state index in [4.69, 9.17) is 9.84 Å². The van der Waals surface area contributed by atoms with Gasteiger partial charge in [-0.25, -0.2) is 4.79 Å². The molecule has 10 heteroatoms. The second-order valence-electron chi connectivity index (χ2n) is 5.75. The smallest absolute Gasteiger partial charge is 0.370 e. The Balaban J connectivity index is 2.87. The molecule has 0 bridgehead atoms. The Morgan fingerprint density at radius 1 is 1.32 bits per heavy atom.